The van der Waals surface area contributed by atoms with Crippen molar-refractivity contribution in [2.24, 2.45) is 0 Å². The van der Waals surface area contributed by atoms with Crippen LogP contribution in [0.25, 0.3) is 0 Å². The van der Waals surface area contributed by atoms with E-state index in [1.165, 1.54) is 18.0 Å². The van der Waals surface area contributed by atoms with E-state index in [0.29, 0.717) is 19.6 Å². The number of halogens is 2. The lowest BCUT2D eigenvalue weighted by molar-refractivity contribution is -0.122. The zero-order chi connectivity index (χ0) is 15.6. The molecule has 1 aromatic rings. The predicted molar refractivity (Wildman–Crippen MR) is 71.4 cm³/mol. The largest absolute Gasteiger partial charge is 0.478 e. The number of benzene rings is 1. The van der Waals surface area contributed by atoms with Gasteiger partial charge in [-0.2, -0.15) is 0 Å². The Morgan fingerprint density at radius 1 is 1.38 bits per heavy atom. The van der Waals surface area contributed by atoms with Gasteiger partial charge >= 0.3 is 5.97 Å². The maximum absolute atomic E-state index is 14.1. The fourth-order valence-electron chi connectivity index (χ4n) is 2.32. The van der Waals surface area contributed by atoms with Crippen LogP contribution >= 0.6 is 0 Å². The van der Waals surface area contributed by atoms with Crippen LogP contribution in [0.1, 0.15) is 10.4 Å². The number of aromatic carboxylic acids is 1. The van der Waals surface area contributed by atoms with Gasteiger partial charge in [-0.05, 0) is 12.1 Å². The molecule has 6 nitrogen and oxygen atoms in total. The molecule has 0 saturated carbocycles. The van der Waals surface area contributed by atoms with E-state index in [9.17, 15) is 18.4 Å². The Labute approximate surface area is 119 Å². The van der Waals surface area contributed by atoms with Crippen LogP contribution in [0.3, 0.4) is 0 Å². The molecule has 1 atom stereocenters. The molecule has 2 rings (SSSR count). The Hall–Kier alpha value is -2.22. The van der Waals surface area contributed by atoms with Gasteiger partial charge in [-0.3, -0.25) is 4.79 Å². The number of nitrogens with zero attached hydrogens (tertiary/aromatic N) is 1. The van der Waals surface area contributed by atoms with Crippen LogP contribution in [0.15, 0.2) is 12.1 Å². The fraction of sp³-hybridized carbons (Fsp3) is 0.385. The van der Waals surface area contributed by atoms with E-state index >= 15 is 0 Å². The maximum Gasteiger partial charge on any atom is 0.338 e. The summed E-state index contributed by atoms with van der Waals surface area (Å²) in [6, 6.07) is 1.50. The van der Waals surface area contributed by atoms with E-state index in [-0.39, 0.29) is 11.6 Å². The Morgan fingerprint density at radius 2 is 2.10 bits per heavy atom. The number of carboxylic acid groups (broad SMARTS) is 1. The van der Waals surface area contributed by atoms with Crippen LogP contribution < -0.4 is 15.5 Å². The first-order chi connectivity index (χ1) is 9.97. The van der Waals surface area contributed by atoms with Crippen molar-refractivity contribution in [2.45, 2.75) is 6.04 Å². The zero-order valence-corrected chi connectivity index (χ0v) is 11.3. The molecule has 114 valence electrons. The molecular weight excluding hydrogens is 284 g/mol. The first-order valence-corrected chi connectivity index (χ1v) is 6.37. The van der Waals surface area contributed by atoms with Crippen molar-refractivity contribution in [3.63, 3.8) is 0 Å². The number of nitrogens with one attached hydrogen (secondary N) is 2. The normalized spacial score (nSPS) is 18.4. The van der Waals surface area contributed by atoms with Crippen LogP contribution in [-0.2, 0) is 4.79 Å². The SMILES string of the molecule is CNC(=O)C1CNCCN1c1ccc(C(=O)O)c(F)c1F. The average molecular weight is 299 g/mol. The maximum atomic E-state index is 14.1. The zero-order valence-electron chi connectivity index (χ0n) is 11.3. The van der Waals surface area contributed by atoms with Gasteiger partial charge < -0.3 is 20.6 Å². The number of carbonyl (C=O) groups excluding carboxylic acids is 1. The summed E-state index contributed by atoms with van der Waals surface area (Å²) in [6.45, 7) is 1.11. The number of hydrogen-bond donors (Lipinski definition) is 3. The second-order valence-corrected chi connectivity index (χ2v) is 4.59. The molecule has 0 radical (unpaired) electrons. The van der Waals surface area contributed by atoms with Gasteiger partial charge in [0.05, 0.1) is 11.3 Å². The number of carbonyl (C=O) groups is 2. The molecule has 1 amide bonds. The monoisotopic (exact) mass is 299 g/mol. The van der Waals surface area contributed by atoms with E-state index in [1.807, 2.05) is 0 Å². The Bertz CT molecular complexity index is 580. The average Bonchev–Trinajstić information content (AvgIpc) is 2.49. The topological polar surface area (TPSA) is 81.7 Å². The first kappa shape index (κ1) is 15.2. The third kappa shape index (κ3) is 2.80. The van der Waals surface area contributed by atoms with Gasteiger partial charge in [0.2, 0.25) is 5.91 Å². The molecule has 1 aliphatic heterocycles. The van der Waals surface area contributed by atoms with E-state index in [1.54, 1.807) is 0 Å². The van der Waals surface area contributed by atoms with Crippen molar-refractivity contribution in [3.8, 4) is 0 Å². The minimum Gasteiger partial charge on any atom is -0.478 e. The second-order valence-electron chi connectivity index (χ2n) is 4.59. The summed E-state index contributed by atoms with van der Waals surface area (Å²) < 4.78 is 27.9. The number of anilines is 1. The van der Waals surface area contributed by atoms with E-state index < -0.39 is 29.2 Å². The Morgan fingerprint density at radius 3 is 2.71 bits per heavy atom. The third-order valence-corrected chi connectivity index (χ3v) is 3.39. The molecule has 1 saturated heterocycles. The van der Waals surface area contributed by atoms with Crippen molar-refractivity contribution in [2.75, 3.05) is 31.6 Å². The van der Waals surface area contributed by atoms with Crippen molar-refractivity contribution >= 4 is 17.6 Å². The second kappa shape index (κ2) is 6.04. The van der Waals surface area contributed by atoms with E-state index in [2.05, 4.69) is 10.6 Å². The summed E-state index contributed by atoms with van der Waals surface area (Å²) in [4.78, 5) is 24.0. The van der Waals surface area contributed by atoms with Crippen LogP contribution in [0, 0.1) is 11.6 Å². The van der Waals surface area contributed by atoms with Crippen molar-refractivity contribution in [1.29, 1.82) is 0 Å². The summed E-state index contributed by atoms with van der Waals surface area (Å²) in [5.74, 6) is -4.55. The molecule has 8 heteroatoms. The molecular formula is C13H15F2N3O3. The Kier molecular flexibility index (Phi) is 4.37. The molecule has 0 spiro atoms. The highest BCUT2D eigenvalue weighted by molar-refractivity contribution is 5.89. The molecule has 1 aromatic carbocycles. The number of amides is 1. The smallest absolute Gasteiger partial charge is 0.338 e. The van der Waals surface area contributed by atoms with Crippen molar-refractivity contribution in [1.82, 2.24) is 10.6 Å². The lowest BCUT2D eigenvalue weighted by Crippen LogP contribution is -2.58. The Balaban J connectivity index is 2.42. The molecule has 1 heterocycles. The van der Waals surface area contributed by atoms with Gasteiger partial charge in [0, 0.05) is 26.7 Å². The van der Waals surface area contributed by atoms with Gasteiger partial charge in [-0.25, -0.2) is 13.6 Å². The summed E-state index contributed by atoms with van der Waals surface area (Å²) >= 11 is 0. The lowest BCUT2D eigenvalue weighted by Gasteiger charge is -2.36. The lowest BCUT2D eigenvalue weighted by atomic mass is 10.1. The summed E-state index contributed by atoms with van der Waals surface area (Å²) in [6.07, 6.45) is 0. The van der Waals surface area contributed by atoms with Crippen LogP contribution in [-0.4, -0.2) is 49.7 Å². The van der Waals surface area contributed by atoms with E-state index in [4.69, 9.17) is 5.11 Å². The number of piperazine rings is 1. The summed E-state index contributed by atoms with van der Waals surface area (Å²) in [5.41, 5.74) is -0.851. The molecule has 21 heavy (non-hydrogen) atoms. The predicted octanol–water partition coefficient (Wildman–Crippen LogP) is 0.187. The fourth-order valence-corrected chi connectivity index (χ4v) is 2.32. The molecule has 0 bridgehead atoms. The van der Waals surface area contributed by atoms with Crippen LogP contribution in [0.5, 0.6) is 0 Å². The van der Waals surface area contributed by atoms with Gasteiger partial charge in [0.15, 0.2) is 11.6 Å². The minimum atomic E-state index is -1.54. The van der Waals surface area contributed by atoms with Gasteiger partial charge in [-0.15, -0.1) is 0 Å². The van der Waals surface area contributed by atoms with Gasteiger partial charge in [0.25, 0.3) is 0 Å². The van der Waals surface area contributed by atoms with Crippen LogP contribution in [0.2, 0.25) is 0 Å². The number of carboxylic acids is 1. The quantitative estimate of drug-likeness (QED) is 0.742. The van der Waals surface area contributed by atoms with Crippen molar-refractivity contribution in [3.05, 3.63) is 29.3 Å². The number of likely N-dealkylation sites (N-methyl/N-ethyl adjacent to an activating group) is 1. The number of hydrogen-bond acceptors (Lipinski definition) is 4. The highest BCUT2D eigenvalue weighted by atomic mass is 19.2. The highest BCUT2D eigenvalue weighted by Crippen LogP contribution is 2.26. The summed E-state index contributed by atoms with van der Waals surface area (Å²) in [5, 5.41) is 14.2. The molecule has 1 fully saturated rings. The molecule has 0 aliphatic carbocycles. The highest BCUT2D eigenvalue weighted by Gasteiger charge is 2.31. The standard InChI is InChI=1S/C13H15F2N3O3/c1-16-12(19)9-6-17-4-5-18(9)8-3-2-7(13(20)21)10(14)11(8)15/h2-3,9,17H,4-6H2,1H3,(H,16,19)(H,20,21). The van der Waals surface area contributed by atoms with Crippen molar-refractivity contribution < 1.29 is 23.5 Å². The molecule has 0 aromatic heterocycles. The molecule has 1 aliphatic rings. The molecule has 3 N–H and O–H groups in total. The first-order valence-electron chi connectivity index (χ1n) is 6.37. The number of rotatable bonds is 3. The molecule has 1 unspecified atom stereocenters. The summed E-state index contributed by atoms with van der Waals surface area (Å²) in [7, 11) is 1.46. The third-order valence-electron chi connectivity index (χ3n) is 3.39. The van der Waals surface area contributed by atoms with Gasteiger partial charge in [-0.1, -0.05) is 0 Å². The minimum absolute atomic E-state index is 0.118. The van der Waals surface area contributed by atoms with Crippen LogP contribution in [0.4, 0.5) is 14.5 Å². The van der Waals surface area contributed by atoms with E-state index in [0.717, 1.165) is 6.07 Å². The van der Waals surface area contributed by atoms with Gasteiger partial charge in [0.1, 0.15) is 6.04 Å².